The van der Waals surface area contributed by atoms with Crippen LogP contribution in [0.15, 0.2) is 0 Å². The number of hydrogen-bond donors (Lipinski definition) is 1. The monoisotopic (exact) mass is 170 g/mol. The highest BCUT2D eigenvalue weighted by Gasteiger charge is 2.38. The fraction of sp³-hybridized carbons (Fsp3) is 1.00. The van der Waals surface area contributed by atoms with Crippen molar-refractivity contribution in [3.8, 4) is 0 Å². The fourth-order valence-corrected chi connectivity index (χ4v) is 2.28. The van der Waals surface area contributed by atoms with Crippen LogP contribution < -0.4 is 5.32 Å². The van der Waals surface area contributed by atoms with Crippen LogP contribution in [0.1, 0.15) is 19.8 Å². The number of likely N-dealkylation sites (N-methyl/N-ethyl adjacent to an activating group) is 1. The molecule has 0 aromatic heterocycles. The lowest BCUT2D eigenvalue weighted by molar-refractivity contribution is 0.0164. The van der Waals surface area contributed by atoms with Crippen molar-refractivity contribution in [2.75, 3.05) is 20.2 Å². The summed E-state index contributed by atoms with van der Waals surface area (Å²) in [5, 5.41) is 3.50. The standard InChI is InChI=1S/C9H18N2O/c1-3-10-7-4-8-6-12-9(5-7)11(8)2/h7-10H,3-6H2,1-2H3. The first kappa shape index (κ1) is 8.48. The number of hydrogen-bond acceptors (Lipinski definition) is 3. The highest BCUT2D eigenvalue weighted by atomic mass is 16.5. The maximum Gasteiger partial charge on any atom is 0.112 e. The zero-order chi connectivity index (χ0) is 8.55. The van der Waals surface area contributed by atoms with Crippen molar-refractivity contribution >= 4 is 0 Å². The molecule has 70 valence electrons. The van der Waals surface area contributed by atoms with Crippen LogP contribution in [0.4, 0.5) is 0 Å². The van der Waals surface area contributed by atoms with Crippen LogP contribution in [0.5, 0.6) is 0 Å². The second-order valence-corrected chi connectivity index (χ2v) is 3.83. The zero-order valence-electron chi connectivity index (χ0n) is 7.92. The van der Waals surface area contributed by atoms with Crippen molar-refractivity contribution in [1.29, 1.82) is 0 Å². The topological polar surface area (TPSA) is 24.5 Å². The van der Waals surface area contributed by atoms with Crippen LogP contribution in [0.3, 0.4) is 0 Å². The zero-order valence-corrected chi connectivity index (χ0v) is 7.92. The smallest absolute Gasteiger partial charge is 0.112 e. The summed E-state index contributed by atoms with van der Waals surface area (Å²) in [6, 6.07) is 1.34. The van der Waals surface area contributed by atoms with Gasteiger partial charge in [0.1, 0.15) is 6.23 Å². The Morgan fingerprint density at radius 3 is 3.00 bits per heavy atom. The minimum Gasteiger partial charge on any atom is -0.361 e. The van der Waals surface area contributed by atoms with Gasteiger partial charge in [0.05, 0.1) is 6.61 Å². The molecule has 2 saturated heterocycles. The minimum absolute atomic E-state index is 0.382. The molecule has 2 bridgehead atoms. The van der Waals surface area contributed by atoms with Gasteiger partial charge in [0, 0.05) is 18.5 Å². The molecular formula is C9H18N2O. The molecule has 3 heteroatoms. The Labute approximate surface area is 74.1 Å². The van der Waals surface area contributed by atoms with Crippen molar-refractivity contribution in [1.82, 2.24) is 10.2 Å². The van der Waals surface area contributed by atoms with Crippen molar-refractivity contribution in [3.05, 3.63) is 0 Å². The van der Waals surface area contributed by atoms with Gasteiger partial charge in [-0.05, 0) is 20.0 Å². The summed E-state index contributed by atoms with van der Waals surface area (Å²) < 4.78 is 5.65. The third kappa shape index (κ3) is 1.37. The minimum atomic E-state index is 0.382. The molecule has 0 aliphatic carbocycles. The number of nitrogens with zero attached hydrogens (tertiary/aromatic N) is 1. The molecule has 2 heterocycles. The molecular weight excluding hydrogens is 152 g/mol. The lowest BCUT2D eigenvalue weighted by Gasteiger charge is -2.34. The number of fused-ring (bicyclic) bond motifs is 2. The molecule has 2 aliphatic rings. The number of rotatable bonds is 2. The molecule has 2 aliphatic heterocycles. The third-order valence-electron chi connectivity index (χ3n) is 3.05. The average Bonchev–Trinajstić information content (AvgIpc) is 2.33. The Balaban J connectivity index is 1.93. The largest absolute Gasteiger partial charge is 0.361 e. The van der Waals surface area contributed by atoms with Gasteiger partial charge in [0.15, 0.2) is 0 Å². The van der Waals surface area contributed by atoms with E-state index in [4.69, 9.17) is 4.74 Å². The maximum atomic E-state index is 5.65. The Hall–Kier alpha value is -0.120. The van der Waals surface area contributed by atoms with E-state index in [1.807, 2.05) is 0 Å². The van der Waals surface area contributed by atoms with Gasteiger partial charge in [-0.25, -0.2) is 0 Å². The molecule has 0 amide bonds. The first-order valence-electron chi connectivity index (χ1n) is 4.88. The molecule has 2 fully saturated rings. The highest BCUT2D eigenvalue weighted by Crippen LogP contribution is 2.28. The van der Waals surface area contributed by atoms with E-state index in [1.54, 1.807) is 0 Å². The van der Waals surface area contributed by atoms with E-state index < -0.39 is 0 Å². The fourth-order valence-electron chi connectivity index (χ4n) is 2.28. The summed E-state index contributed by atoms with van der Waals surface area (Å²) >= 11 is 0. The average molecular weight is 170 g/mol. The molecule has 0 aromatic rings. The second-order valence-electron chi connectivity index (χ2n) is 3.83. The first-order chi connectivity index (χ1) is 5.81. The van der Waals surface area contributed by atoms with Crippen molar-refractivity contribution < 1.29 is 4.74 Å². The summed E-state index contributed by atoms with van der Waals surface area (Å²) in [5.41, 5.74) is 0. The first-order valence-corrected chi connectivity index (χ1v) is 4.88. The van der Waals surface area contributed by atoms with Crippen LogP contribution in [-0.4, -0.2) is 43.4 Å². The molecule has 0 saturated carbocycles. The molecule has 3 atom stereocenters. The molecule has 3 unspecified atom stereocenters. The van der Waals surface area contributed by atoms with Gasteiger partial charge >= 0.3 is 0 Å². The van der Waals surface area contributed by atoms with Gasteiger partial charge < -0.3 is 10.1 Å². The lowest BCUT2D eigenvalue weighted by Crippen LogP contribution is -2.47. The highest BCUT2D eigenvalue weighted by molar-refractivity contribution is 4.90. The predicted octanol–water partition coefficient (Wildman–Crippen LogP) is 0.415. The summed E-state index contributed by atoms with van der Waals surface area (Å²) in [5.74, 6) is 0. The quantitative estimate of drug-likeness (QED) is 0.650. The van der Waals surface area contributed by atoms with Gasteiger partial charge in [-0.15, -0.1) is 0 Å². The number of nitrogens with one attached hydrogen (secondary N) is 1. The van der Waals surface area contributed by atoms with Crippen LogP contribution in [-0.2, 0) is 4.74 Å². The SMILES string of the molecule is CCNC1CC2COC(C1)N2C. The van der Waals surface area contributed by atoms with E-state index in [9.17, 15) is 0 Å². The number of piperidine rings is 1. The van der Waals surface area contributed by atoms with Gasteiger partial charge in [0.2, 0.25) is 0 Å². The molecule has 12 heavy (non-hydrogen) atoms. The Morgan fingerprint density at radius 1 is 1.50 bits per heavy atom. The summed E-state index contributed by atoms with van der Waals surface area (Å²) in [4.78, 5) is 2.37. The van der Waals surface area contributed by atoms with E-state index in [0.717, 1.165) is 19.6 Å². The molecule has 0 radical (unpaired) electrons. The van der Waals surface area contributed by atoms with Crippen LogP contribution in [0.2, 0.25) is 0 Å². The summed E-state index contributed by atoms with van der Waals surface area (Å²) in [6.45, 7) is 4.18. The van der Waals surface area contributed by atoms with Crippen molar-refractivity contribution in [3.63, 3.8) is 0 Å². The van der Waals surface area contributed by atoms with Gasteiger partial charge in [-0.3, -0.25) is 4.90 Å². The van der Waals surface area contributed by atoms with Crippen LogP contribution in [0, 0.1) is 0 Å². The Morgan fingerprint density at radius 2 is 2.33 bits per heavy atom. The molecule has 1 N–H and O–H groups in total. The Bertz CT molecular complexity index is 149. The summed E-state index contributed by atoms with van der Waals surface area (Å²) in [7, 11) is 2.17. The van der Waals surface area contributed by atoms with Gasteiger partial charge in [-0.2, -0.15) is 0 Å². The predicted molar refractivity (Wildman–Crippen MR) is 48.0 cm³/mol. The molecule has 0 spiro atoms. The van der Waals surface area contributed by atoms with Gasteiger partial charge in [-0.1, -0.05) is 6.92 Å². The van der Waals surface area contributed by atoms with E-state index in [0.29, 0.717) is 18.3 Å². The lowest BCUT2D eigenvalue weighted by atomic mass is 9.99. The van der Waals surface area contributed by atoms with E-state index >= 15 is 0 Å². The van der Waals surface area contributed by atoms with Crippen molar-refractivity contribution in [2.24, 2.45) is 0 Å². The summed E-state index contributed by atoms with van der Waals surface area (Å²) in [6.07, 6.45) is 2.79. The van der Waals surface area contributed by atoms with E-state index in [1.165, 1.54) is 6.42 Å². The van der Waals surface area contributed by atoms with E-state index in [2.05, 4.69) is 24.2 Å². The third-order valence-corrected chi connectivity index (χ3v) is 3.05. The Kier molecular flexibility index (Phi) is 2.35. The van der Waals surface area contributed by atoms with Crippen molar-refractivity contribution in [2.45, 2.75) is 38.1 Å². The normalized spacial score (nSPS) is 42.0. The van der Waals surface area contributed by atoms with E-state index in [-0.39, 0.29) is 0 Å². The molecule has 2 rings (SSSR count). The second kappa shape index (κ2) is 3.32. The molecule has 3 nitrogen and oxygen atoms in total. The maximum absolute atomic E-state index is 5.65. The number of ether oxygens (including phenoxy) is 1. The van der Waals surface area contributed by atoms with Crippen LogP contribution in [0.25, 0.3) is 0 Å². The van der Waals surface area contributed by atoms with Crippen LogP contribution >= 0.6 is 0 Å². The molecule has 0 aromatic carbocycles. The van der Waals surface area contributed by atoms with Gasteiger partial charge in [0.25, 0.3) is 0 Å².